The first kappa shape index (κ1) is 13.3. The fraction of sp³-hybridized carbons (Fsp3) is 0.533. The number of nitriles is 1. The van der Waals surface area contributed by atoms with Crippen molar-refractivity contribution < 1.29 is 4.74 Å². The van der Waals surface area contributed by atoms with E-state index in [1.165, 1.54) is 32.1 Å². The van der Waals surface area contributed by atoms with E-state index in [9.17, 15) is 0 Å². The molecule has 0 N–H and O–H groups in total. The van der Waals surface area contributed by atoms with Gasteiger partial charge < -0.3 is 4.74 Å². The van der Waals surface area contributed by atoms with Crippen LogP contribution in [0, 0.1) is 16.7 Å². The summed E-state index contributed by atoms with van der Waals surface area (Å²) in [6.45, 7) is 0.676. The summed E-state index contributed by atoms with van der Waals surface area (Å²) in [4.78, 5) is 0. The molecule has 1 aromatic carbocycles. The number of nitrogens with zero attached hydrogens (tertiary/aromatic N) is 1. The van der Waals surface area contributed by atoms with Gasteiger partial charge in [-0.2, -0.15) is 17.9 Å². The molecule has 0 heterocycles. The summed E-state index contributed by atoms with van der Waals surface area (Å²) in [5.41, 5.74) is 0.812. The van der Waals surface area contributed by atoms with Crippen LogP contribution in [0.5, 0.6) is 5.75 Å². The predicted molar refractivity (Wildman–Crippen MR) is 76.0 cm³/mol. The zero-order chi connectivity index (χ0) is 12.8. The molecule has 0 amide bonds. The highest BCUT2D eigenvalue weighted by atomic mass is 32.1. The van der Waals surface area contributed by atoms with E-state index in [-0.39, 0.29) is 5.41 Å². The standard InChI is InChI=1S/C15H19NOS/c16-10-13-6-2-3-7-14(13)17-11-15(12-18)8-4-1-5-9-15/h2-3,6-7,18H,1,4-5,8-9,11-12H2. The molecule has 0 saturated heterocycles. The summed E-state index contributed by atoms with van der Waals surface area (Å²) < 4.78 is 5.89. The van der Waals surface area contributed by atoms with Crippen molar-refractivity contribution in [3.63, 3.8) is 0 Å². The van der Waals surface area contributed by atoms with Crippen molar-refractivity contribution >= 4 is 12.6 Å². The summed E-state index contributed by atoms with van der Waals surface area (Å²) >= 11 is 4.50. The van der Waals surface area contributed by atoms with Gasteiger partial charge in [-0.15, -0.1) is 0 Å². The van der Waals surface area contributed by atoms with E-state index >= 15 is 0 Å². The molecule has 0 bridgehead atoms. The molecule has 96 valence electrons. The lowest BCUT2D eigenvalue weighted by molar-refractivity contribution is 0.121. The summed E-state index contributed by atoms with van der Waals surface area (Å²) in [5.74, 6) is 1.56. The van der Waals surface area contributed by atoms with Gasteiger partial charge in [0.05, 0.1) is 12.2 Å². The predicted octanol–water partition coefficient (Wildman–Crippen LogP) is 3.82. The highest BCUT2D eigenvalue weighted by Gasteiger charge is 2.31. The van der Waals surface area contributed by atoms with Gasteiger partial charge in [-0.05, 0) is 30.7 Å². The topological polar surface area (TPSA) is 33.0 Å². The van der Waals surface area contributed by atoms with E-state index in [1.807, 2.05) is 18.2 Å². The Hall–Kier alpha value is -1.14. The van der Waals surface area contributed by atoms with Crippen molar-refractivity contribution in [2.75, 3.05) is 12.4 Å². The van der Waals surface area contributed by atoms with Gasteiger partial charge in [-0.3, -0.25) is 0 Å². The molecule has 0 aliphatic heterocycles. The lowest BCUT2D eigenvalue weighted by Gasteiger charge is -2.35. The molecule has 0 atom stereocenters. The Morgan fingerprint density at radius 2 is 1.94 bits per heavy atom. The second kappa shape index (κ2) is 6.15. The third-order valence-electron chi connectivity index (χ3n) is 3.79. The second-order valence-corrected chi connectivity index (χ2v) is 5.43. The molecule has 0 aromatic heterocycles. The molecule has 0 spiro atoms. The Balaban J connectivity index is 2.03. The third kappa shape index (κ3) is 3.00. The van der Waals surface area contributed by atoms with E-state index < -0.39 is 0 Å². The number of rotatable bonds is 4. The maximum absolute atomic E-state index is 9.03. The van der Waals surface area contributed by atoms with Crippen LogP contribution in [-0.2, 0) is 0 Å². The van der Waals surface area contributed by atoms with Crippen LogP contribution in [-0.4, -0.2) is 12.4 Å². The van der Waals surface area contributed by atoms with Gasteiger partial charge in [0.15, 0.2) is 0 Å². The highest BCUT2D eigenvalue weighted by molar-refractivity contribution is 7.80. The van der Waals surface area contributed by atoms with Crippen LogP contribution in [0.25, 0.3) is 0 Å². The number of hydrogen-bond acceptors (Lipinski definition) is 3. The maximum atomic E-state index is 9.03. The average Bonchev–Trinajstić information content (AvgIpc) is 2.46. The van der Waals surface area contributed by atoms with Crippen molar-refractivity contribution in [2.45, 2.75) is 32.1 Å². The number of ether oxygens (including phenoxy) is 1. The molecule has 0 radical (unpaired) electrons. The molecule has 18 heavy (non-hydrogen) atoms. The summed E-state index contributed by atoms with van der Waals surface area (Å²) in [6.07, 6.45) is 6.23. The first-order valence-electron chi connectivity index (χ1n) is 6.52. The Labute approximate surface area is 114 Å². The molecule has 1 saturated carbocycles. The van der Waals surface area contributed by atoms with Crippen LogP contribution in [0.1, 0.15) is 37.7 Å². The van der Waals surface area contributed by atoms with Crippen LogP contribution in [0.4, 0.5) is 0 Å². The minimum absolute atomic E-state index is 0.198. The number of benzene rings is 1. The van der Waals surface area contributed by atoms with Gasteiger partial charge in [0, 0.05) is 5.41 Å². The summed E-state index contributed by atoms with van der Waals surface area (Å²) in [5, 5.41) is 9.03. The Morgan fingerprint density at radius 1 is 1.22 bits per heavy atom. The zero-order valence-corrected chi connectivity index (χ0v) is 11.5. The fourth-order valence-corrected chi connectivity index (χ4v) is 2.97. The van der Waals surface area contributed by atoms with Gasteiger partial charge in [-0.25, -0.2) is 0 Å². The number of hydrogen-bond donors (Lipinski definition) is 1. The summed E-state index contributed by atoms with van der Waals surface area (Å²) in [7, 11) is 0. The Kier molecular flexibility index (Phi) is 4.54. The smallest absolute Gasteiger partial charge is 0.137 e. The molecule has 0 unspecified atom stereocenters. The van der Waals surface area contributed by atoms with E-state index in [4.69, 9.17) is 10.00 Å². The molecule has 2 nitrogen and oxygen atoms in total. The third-order valence-corrected chi connectivity index (χ3v) is 4.46. The van der Waals surface area contributed by atoms with Crippen molar-refractivity contribution in [2.24, 2.45) is 5.41 Å². The first-order chi connectivity index (χ1) is 8.79. The minimum atomic E-state index is 0.198. The van der Waals surface area contributed by atoms with Crippen molar-refractivity contribution in [3.8, 4) is 11.8 Å². The van der Waals surface area contributed by atoms with E-state index in [0.29, 0.717) is 17.9 Å². The van der Waals surface area contributed by atoms with Crippen LogP contribution < -0.4 is 4.74 Å². The molecule has 1 aromatic rings. The van der Waals surface area contributed by atoms with E-state index in [2.05, 4.69) is 18.7 Å². The molecule has 1 aliphatic carbocycles. The number of para-hydroxylation sites is 1. The van der Waals surface area contributed by atoms with Gasteiger partial charge in [-0.1, -0.05) is 31.4 Å². The molecule has 1 aliphatic rings. The van der Waals surface area contributed by atoms with Crippen LogP contribution >= 0.6 is 12.6 Å². The number of thiol groups is 1. The van der Waals surface area contributed by atoms with Crippen molar-refractivity contribution in [1.29, 1.82) is 5.26 Å². The van der Waals surface area contributed by atoms with Gasteiger partial charge in [0.25, 0.3) is 0 Å². The van der Waals surface area contributed by atoms with Crippen molar-refractivity contribution in [3.05, 3.63) is 29.8 Å². The Bertz CT molecular complexity index is 432. The Morgan fingerprint density at radius 3 is 2.61 bits per heavy atom. The molecule has 3 heteroatoms. The fourth-order valence-electron chi connectivity index (χ4n) is 2.57. The SMILES string of the molecule is N#Cc1ccccc1OCC1(CS)CCCCC1. The van der Waals surface area contributed by atoms with Gasteiger partial charge >= 0.3 is 0 Å². The quantitative estimate of drug-likeness (QED) is 0.836. The lowest BCUT2D eigenvalue weighted by Crippen LogP contribution is -2.33. The molecule has 2 rings (SSSR count). The van der Waals surface area contributed by atoms with Crippen LogP contribution in [0.2, 0.25) is 0 Å². The summed E-state index contributed by atoms with van der Waals surface area (Å²) in [6, 6.07) is 9.60. The van der Waals surface area contributed by atoms with E-state index in [1.54, 1.807) is 6.07 Å². The normalized spacial score (nSPS) is 18.0. The highest BCUT2D eigenvalue weighted by Crippen LogP contribution is 2.38. The van der Waals surface area contributed by atoms with E-state index in [0.717, 1.165) is 5.75 Å². The minimum Gasteiger partial charge on any atom is -0.492 e. The monoisotopic (exact) mass is 261 g/mol. The van der Waals surface area contributed by atoms with Crippen LogP contribution in [0.15, 0.2) is 24.3 Å². The molecule has 1 fully saturated rings. The van der Waals surface area contributed by atoms with Gasteiger partial charge in [0.2, 0.25) is 0 Å². The van der Waals surface area contributed by atoms with Gasteiger partial charge in [0.1, 0.15) is 11.8 Å². The van der Waals surface area contributed by atoms with Crippen LogP contribution in [0.3, 0.4) is 0 Å². The molecular weight excluding hydrogens is 242 g/mol. The largest absolute Gasteiger partial charge is 0.492 e. The molecular formula is C15H19NOS. The lowest BCUT2D eigenvalue weighted by atomic mass is 9.76. The average molecular weight is 261 g/mol. The van der Waals surface area contributed by atoms with Crippen molar-refractivity contribution in [1.82, 2.24) is 0 Å². The second-order valence-electron chi connectivity index (χ2n) is 5.12. The first-order valence-corrected chi connectivity index (χ1v) is 7.16. The maximum Gasteiger partial charge on any atom is 0.137 e. The zero-order valence-electron chi connectivity index (χ0n) is 10.6.